The molecule has 4 nitrogen and oxygen atoms in total. The SMILES string of the molecule is C=C1C(F)=CN(C(=O)c2cc(Cl)cc(Cl)c2)C(=O)N1C. The summed E-state index contributed by atoms with van der Waals surface area (Å²) in [5, 5.41) is 0.486. The van der Waals surface area contributed by atoms with Crippen molar-refractivity contribution in [3.8, 4) is 0 Å². The quantitative estimate of drug-likeness (QED) is 0.790. The van der Waals surface area contributed by atoms with Gasteiger partial charge in [-0.15, -0.1) is 0 Å². The number of hydrogen-bond acceptors (Lipinski definition) is 2. The molecule has 0 N–H and O–H groups in total. The lowest BCUT2D eigenvalue weighted by atomic mass is 10.2. The Kier molecular flexibility index (Phi) is 3.83. The van der Waals surface area contributed by atoms with Crippen LogP contribution in [0.1, 0.15) is 10.4 Å². The average molecular weight is 315 g/mol. The Balaban J connectivity index is 2.43. The second kappa shape index (κ2) is 5.26. The molecule has 1 aromatic rings. The number of carbonyl (C=O) groups excluding carboxylic acids is 2. The summed E-state index contributed by atoms with van der Waals surface area (Å²) in [5.41, 5.74) is -0.0241. The number of allylic oxidation sites excluding steroid dienone is 1. The summed E-state index contributed by atoms with van der Waals surface area (Å²) in [4.78, 5) is 25.8. The first-order chi connectivity index (χ1) is 9.31. The summed E-state index contributed by atoms with van der Waals surface area (Å²) in [6.07, 6.45) is 0.793. The predicted octanol–water partition coefficient (Wildman–Crippen LogP) is 3.83. The topological polar surface area (TPSA) is 40.6 Å². The lowest BCUT2D eigenvalue weighted by Gasteiger charge is -2.29. The third-order valence-corrected chi connectivity index (χ3v) is 3.18. The van der Waals surface area contributed by atoms with Crippen LogP contribution in [0.15, 0.2) is 42.5 Å². The van der Waals surface area contributed by atoms with Gasteiger partial charge in [-0.3, -0.25) is 9.69 Å². The molecule has 1 aliphatic rings. The number of nitrogens with zero attached hydrogens (tertiary/aromatic N) is 2. The highest BCUT2D eigenvalue weighted by Crippen LogP contribution is 2.25. The van der Waals surface area contributed by atoms with E-state index < -0.39 is 17.8 Å². The Morgan fingerprint density at radius 2 is 1.80 bits per heavy atom. The molecule has 2 rings (SSSR count). The molecule has 0 spiro atoms. The number of halogens is 3. The standard InChI is InChI=1S/C13H9Cl2FN2O2/c1-7-11(16)6-18(13(20)17(7)2)12(19)8-3-9(14)5-10(15)4-8/h3-6H,1H2,2H3. The predicted molar refractivity (Wildman–Crippen MR) is 74.1 cm³/mol. The summed E-state index contributed by atoms with van der Waals surface area (Å²) in [5.74, 6) is -1.50. The van der Waals surface area contributed by atoms with E-state index in [1.807, 2.05) is 0 Å². The van der Waals surface area contributed by atoms with E-state index in [2.05, 4.69) is 6.58 Å². The van der Waals surface area contributed by atoms with Crippen LogP contribution in [0.4, 0.5) is 9.18 Å². The van der Waals surface area contributed by atoms with Gasteiger partial charge in [-0.05, 0) is 18.2 Å². The van der Waals surface area contributed by atoms with Crippen LogP contribution in [0.3, 0.4) is 0 Å². The maximum Gasteiger partial charge on any atom is 0.335 e. The molecule has 0 bridgehead atoms. The van der Waals surface area contributed by atoms with Crippen molar-refractivity contribution in [3.05, 3.63) is 58.1 Å². The molecule has 104 valence electrons. The van der Waals surface area contributed by atoms with Gasteiger partial charge in [0.25, 0.3) is 5.91 Å². The lowest BCUT2D eigenvalue weighted by Crippen LogP contribution is -2.44. The van der Waals surface area contributed by atoms with Crippen LogP contribution in [0.25, 0.3) is 0 Å². The number of rotatable bonds is 1. The van der Waals surface area contributed by atoms with E-state index in [0.29, 0.717) is 4.90 Å². The van der Waals surface area contributed by atoms with Gasteiger partial charge in [-0.1, -0.05) is 29.8 Å². The largest absolute Gasteiger partial charge is 0.335 e. The number of likely N-dealkylation sites (N-methyl/N-ethyl adjacent to an activating group) is 1. The van der Waals surface area contributed by atoms with Gasteiger partial charge in [-0.2, -0.15) is 0 Å². The maximum atomic E-state index is 13.6. The zero-order valence-electron chi connectivity index (χ0n) is 10.4. The summed E-state index contributed by atoms with van der Waals surface area (Å²) in [7, 11) is 1.32. The van der Waals surface area contributed by atoms with Crippen molar-refractivity contribution in [2.45, 2.75) is 0 Å². The second-order valence-electron chi connectivity index (χ2n) is 4.10. The van der Waals surface area contributed by atoms with Crippen molar-refractivity contribution in [1.29, 1.82) is 0 Å². The van der Waals surface area contributed by atoms with E-state index in [1.54, 1.807) is 0 Å². The first-order valence-electron chi connectivity index (χ1n) is 5.45. The van der Waals surface area contributed by atoms with Gasteiger partial charge in [-0.25, -0.2) is 14.1 Å². The maximum absolute atomic E-state index is 13.6. The van der Waals surface area contributed by atoms with Crippen molar-refractivity contribution in [1.82, 2.24) is 9.80 Å². The molecule has 3 amide bonds. The van der Waals surface area contributed by atoms with Crippen molar-refractivity contribution in [3.63, 3.8) is 0 Å². The first kappa shape index (κ1) is 14.6. The molecule has 1 heterocycles. The van der Waals surface area contributed by atoms with E-state index in [1.165, 1.54) is 25.2 Å². The molecule has 0 saturated heterocycles. The minimum absolute atomic E-state index is 0.0841. The number of urea groups is 1. The fourth-order valence-electron chi connectivity index (χ4n) is 1.64. The highest BCUT2D eigenvalue weighted by molar-refractivity contribution is 6.35. The fraction of sp³-hybridized carbons (Fsp3) is 0.0769. The minimum Gasteiger partial charge on any atom is -0.294 e. The van der Waals surface area contributed by atoms with Crippen LogP contribution < -0.4 is 0 Å². The van der Waals surface area contributed by atoms with E-state index in [0.717, 1.165) is 11.1 Å². The van der Waals surface area contributed by atoms with Crippen LogP contribution in [-0.2, 0) is 0 Å². The molecule has 1 aliphatic heterocycles. The smallest absolute Gasteiger partial charge is 0.294 e. The molecule has 0 saturated carbocycles. The van der Waals surface area contributed by atoms with Gasteiger partial charge < -0.3 is 0 Å². The van der Waals surface area contributed by atoms with Gasteiger partial charge in [0, 0.05) is 22.7 Å². The van der Waals surface area contributed by atoms with Crippen LogP contribution in [-0.4, -0.2) is 28.8 Å². The second-order valence-corrected chi connectivity index (χ2v) is 4.97. The van der Waals surface area contributed by atoms with Gasteiger partial charge in [0.1, 0.15) is 0 Å². The summed E-state index contributed by atoms with van der Waals surface area (Å²) in [6.45, 7) is 3.40. The molecule has 20 heavy (non-hydrogen) atoms. The molecular weight excluding hydrogens is 306 g/mol. The number of amides is 3. The van der Waals surface area contributed by atoms with Gasteiger partial charge in [0.15, 0.2) is 5.83 Å². The zero-order valence-corrected chi connectivity index (χ0v) is 11.9. The summed E-state index contributed by atoms with van der Waals surface area (Å²) in [6, 6.07) is 3.43. The molecule has 0 aromatic heterocycles. The van der Waals surface area contributed by atoms with Crippen LogP contribution in [0, 0.1) is 0 Å². The van der Waals surface area contributed by atoms with Gasteiger partial charge in [0.2, 0.25) is 0 Å². The van der Waals surface area contributed by atoms with Gasteiger partial charge >= 0.3 is 6.03 Å². The van der Waals surface area contributed by atoms with E-state index in [9.17, 15) is 14.0 Å². The zero-order chi connectivity index (χ0) is 15.0. The first-order valence-corrected chi connectivity index (χ1v) is 6.21. The van der Waals surface area contributed by atoms with Crippen LogP contribution >= 0.6 is 23.2 Å². The molecule has 0 fully saturated rings. The Hall–Kier alpha value is -1.85. The molecule has 1 aromatic carbocycles. The van der Waals surface area contributed by atoms with Crippen molar-refractivity contribution in [2.75, 3.05) is 7.05 Å². The third-order valence-electron chi connectivity index (χ3n) is 2.74. The highest BCUT2D eigenvalue weighted by Gasteiger charge is 2.32. The number of imide groups is 1. The van der Waals surface area contributed by atoms with E-state index in [-0.39, 0.29) is 21.3 Å². The Bertz CT molecular complexity index is 638. The normalized spacial score (nSPS) is 15.5. The molecule has 0 aliphatic carbocycles. The van der Waals surface area contributed by atoms with E-state index in [4.69, 9.17) is 23.2 Å². The van der Waals surface area contributed by atoms with Crippen molar-refractivity contribution < 1.29 is 14.0 Å². The summed E-state index contributed by atoms with van der Waals surface area (Å²) < 4.78 is 13.6. The van der Waals surface area contributed by atoms with Crippen molar-refractivity contribution in [2.24, 2.45) is 0 Å². The fourth-order valence-corrected chi connectivity index (χ4v) is 2.17. The summed E-state index contributed by atoms with van der Waals surface area (Å²) >= 11 is 11.6. The molecular formula is C13H9Cl2FN2O2. The number of carbonyl (C=O) groups is 2. The number of hydrogen-bond donors (Lipinski definition) is 0. The Labute approximate surface area is 124 Å². The number of benzene rings is 1. The van der Waals surface area contributed by atoms with Crippen LogP contribution in [0.5, 0.6) is 0 Å². The lowest BCUT2D eigenvalue weighted by molar-refractivity contribution is 0.0824. The average Bonchev–Trinajstić information content (AvgIpc) is 2.38. The Morgan fingerprint density at radius 1 is 1.25 bits per heavy atom. The molecule has 0 radical (unpaired) electrons. The molecule has 0 atom stereocenters. The monoisotopic (exact) mass is 314 g/mol. The molecule has 0 unspecified atom stereocenters. The van der Waals surface area contributed by atoms with E-state index >= 15 is 0 Å². The van der Waals surface area contributed by atoms with Gasteiger partial charge in [0.05, 0.1) is 11.9 Å². The Morgan fingerprint density at radius 3 is 2.35 bits per heavy atom. The van der Waals surface area contributed by atoms with Crippen LogP contribution in [0.2, 0.25) is 10.0 Å². The molecule has 7 heteroatoms. The highest BCUT2D eigenvalue weighted by atomic mass is 35.5. The third kappa shape index (κ3) is 2.55. The minimum atomic E-state index is -0.770. The van der Waals surface area contributed by atoms with Crippen molar-refractivity contribution >= 4 is 35.1 Å².